The summed E-state index contributed by atoms with van der Waals surface area (Å²) in [7, 11) is 0. The Morgan fingerprint density at radius 1 is 1.27 bits per heavy atom. The molecule has 2 aliphatic rings. The highest BCUT2D eigenvalue weighted by Gasteiger charge is 2.40. The fourth-order valence-corrected chi connectivity index (χ4v) is 5.36. The van der Waals surface area contributed by atoms with Gasteiger partial charge in [-0.25, -0.2) is 4.98 Å². The predicted octanol–water partition coefficient (Wildman–Crippen LogP) is 4.20. The Balaban J connectivity index is 0.00000196. The largest absolute Gasteiger partial charge is 0.341 e. The minimum atomic E-state index is -0.0275. The summed E-state index contributed by atoms with van der Waals surface area (Å²) >= 11 is 1.81. The molecule has 142 valence electrons. The highest BCUT2D eigenvalue weighted by Crippen LogP contribution is 2.35. The summed E-state index contributed by atoms with van der Waals surface area (Å²) in [6.07, 6.45) is 4.34. The van der Waals surface area contributed by atoms with E-state index in [4.69, 9.17) is 4.98 Å². The number of likely N-dealkylation sites (tertiary alicyclic amines) is 1. The SMILES string of the molecule is CC1(C)CCCNC1C(=O)N1CCC(c2nc3ccccc3s2)CC1.Cl. The number of nitrogens with one attached hydrogen (secondary N) is 1. The van der Waals surface area contributed by atoms with E-state index in [2.05, 4.69) is 42.3 Å². The monoisotopic (exact) mass is 393 g/mol. The van der Waals surface area contributed by atoms with Gasteiger partial charge < -0.3 is 10.2 Å². The zero-order valence-corrected chi connectivity index (χ0v) is 17.2. The summed E-state index contributed by atoms with van der Waals surface area (Å²) in [5.74, 6) is 0.793. The smallest absolute Gasteiger partial charge is 0.240 e. The van der Waals surface area contributed by atoms with Crippen molar-refractivity contribution in [2.45, 2.75) is 51.5 Å². The van der Waals surface area contributed by atoms with E-state index >= 15 is 0 Å². The summed E-state index contributed by atoms with van der Waals surface area (Å²) in [5, 5.41) is 4.71. The van der Waals surface area contributed by atoms with Crippen molar-refractivity contribution >= 4 is 39.9 Å². The number of fused-ring (bicyclic) bond motifs is 1. The number of rotatable bonds is 2. The van der Waals surface area contributed by atoms with Crippen LogP contribution >= 0.6 is 23.7 Å². The number of benzene rings is 1. The fraction of sp³-hybridized carbons (Fsp3) is 0.600. The number of carbonyl (C=O) groups excluding carboxylic acids is 1. The molecule has 1 amide bonds. The van der Waals surface area contributed by atoms with Crippen LogP contribution in [0.15, 0.2) is 24.3 Å². The minimum absolute atomic E-state index is 0. The van der Waals surface area contributed by atoms with Gasteiger partial charge in [0, 0.05) is 19.0 Å². The molecule has 1 aromatic carbocycles. The molecule has 1 atom stereocenters. The van der Waals surface area contributed by atoms with Gasteiger partial charge in [0.25, 0.3) is 0 Å². The average molecular weight is 394 g/mol. The van der Waals surface area contributed by atoms with Gasteiger partial charge >= 0.3 is 0 Å². The minimum Gasteiger partial charge on any atom is -0.341 e. The van der Waals surface area contributed by atoms with E-state index in [0.717, 1.165) is 50.8 Å². The number of amides is 1. The zero-order valence-electron chi connectivity index (χ0n) is 15.5. The van der Waals surface area contributed by atoms with E-state index in [9.17, 15) is 4.79 Å². The molecule has 1 N–H and O–H groups in total. The lowest BCUT2D eigenvalue weighted by atomic mass is 9.76. The van der Waals surface area contributed by atoms with Crippen molar-refractivity contribution in [2.24, 2.45) is 5.41 Å². The molecule has 4 rings (SSSR count). The van der Waals surface area contributed by atoms with Crippen molar-refractivity contribution in [1.82, 2.24) is 15.2 Å². The second-order valence-electron chi connectivity index (χ2n) is 8.10. The van der Waals surface area contributed by atoms with Gasteiger partial charge in [-0.1, -0.05) is 26.0 Å². The molecular weight excluding hydrogens is 366 g/mol. The van der Waals surface area contributed by atoms with Crippen LogP contribution in [0.1, 0.15) is 50.5 Å². The topological polar surface area (TPSA) is 45.2 Å². The van der Waals surface area contributed by atoms with Crippen LogP contribution in [-0.4, -0.2) is 41.5 Å². The van der Waals surface area contributed by atoms with Gasteiger partial charge in [-0.3, -0.25) is 4.79 Å². The van der Waals surface area contributed by atoms with E-state index in [-0.39, 0.29) is 23.9 Å². The van der Waals surface area contributed by atoms with E-state index in [1.807, 2.05) is 17.4 Å². The number of hydrogen-bond donors (Lipinski definition) is 1. The van der Waals surface area contributed by atoms with E-state index in [0.29, 0.717) is 11.8 Å². The lowest BCUT2D eigenvalue weighted by Crippen LogP contribution is -2.57. The van der Waals surface area contributed by atoms with Crippen molar-refractivity contribution < 1.29 is 4.79 Å². The Morgan fingerprint density at radius 3 is 2.69 bits per heavy atom. The first-order valence-electron chi connectivity index (χ1n) is 9.42. The fourth-order valence-electron chi connectivity index (χ4n) is 4.23. The maximum Gasteiger partial charge on any atom is 0.240 e. The average Bonchev–Trinajstić information content (AvgIpc) is 3.05. The van der Waals surface area contributed by atoms with Gasteiger partial charge in [0.1, 0.15) is 0 Å². The number of para-hydroxylation sites is 1. The third-order valence-corrected chi connectivity index (χ3v) is 7.04. The van der Waals surface area contributed by atoms with Gasteiger partial charge in [0.15, 0.2) is 0 Å². The Labute approximate surface area is 165 Å². The van der Waals surface area contributed by atoms with Gasteiger partial charge in [-0.2, -0.15) is 0 Å². The van der Waals surface area contributed by atoms with Gasteiger partial charge in [-0.05, 0) is 49.8 Å². The van der Waals surface area contributed by atoms with Gasteiger partial charge in [0.05, 0.1) is 21.3 Å². The second kappa shape index (κ2) is 7.83. The normalized spacial score (nSPS) is 23.6. The first-order chi connectivity index (χ1) is 12.0. The van der Waals surface area contributed by atoms with Gasteiger partial charge in [-0.15, -0.1) is 23.7 Å². The van der Waals surface area contributed by atoms with Crippen molar-refractivity contribution in [3.05, 3.63) is 29.3 Å². The highest BCUT2D eigenvalue weighted by molar-refractivity contribution is 7.18. The molecular formula is C20H28ClN3OS. The Kier molecular flexibility index (Phi) is 5.90. The number of aromatic nitrogens is 1. The van der Waals surface area contributed by atoms with E-state index < -0.39 is 0 Å². The Morgan fingerprint density at radius 2 is 2.00 bits per heavy atom. The standard InChI is InChI=1S/C20H27N3OS.ClH/c1-20(2)10-5-11-21-17(20)19(24)23-12-8-14(9-13-23)18-22-15-6-3-4-7-16(15)25-18;/h3-4,6-7,14,17,21H,5,8-13H2,1-2H3;1H. The summed E-state index contributed by atoms with van der Waals surface area (Å²) in [6, 6.07) is 8.33. The molecule has 1 aromatic heterocycles. The van der Waals surface area contributed by atoms with Crippen molar-refractivity contribution in [3.8, 4) is 0 Å². The second-order valence-corrected chi connectivity index (χ2v) is 9.16. The molecule has 3 heterocycles. The molecule has 0 spiro atoms. The van der Waals surface area contributed by atoms with Crippen LogP contribution in [-0.2, 0) is 4.79 Å². The Bertz CT molecular complexity index is 734. The summed E-state index contributed by atoms with van der Waals surface area (Å²) < 4.78 is 1.27. The molecule has 2 aliphatic heterocycles. The molecule has 6 heteroatoms. The molecule has 2 saturated heterocycles. The van der Waals surface area contributed by atoms with Crippen LogP contribution in [0, 0.1) is 5.41 Å². The maximum atomic E-state index is 13.0. The number of carbonyl (C=O) groups is 1. The number of nitrogens with zero attached hydrogens (tertiary/aromatic N) is 2. The molecule has 0 bridgehead atoms. The quantitative estimate of drug-likeness (QED) is 0.831. The van der Waals surface area contributed by atoms with Crippen LogP contribution in [0.3, 0.4) is 0 Å². The lowest BCUT2D eigenvalue weighted by Gasteiger charge is -2.42. The molecule has 0 aliphatic carbocycles. The maximum absolute atomic E-state index is 13.0. The number of halogens is 1. The zero-order chi connectivity index (χ0) is 17.4. The lowest BCUT2D eigenvalue weighted by molar-refractivity contribution is -0.138. The molecule has 26 heavy (non-hydrogen) atoms. The first kappa shape index (κ1) is 19.6. The van der Waals surface area contributed by atoms with Crippen LogP contribution < -0.4 is 5.32 Å². The van der Waals surface area contributed by atoms with Crippen molar-refractivity contribution in [2.75, 3.05) is 19.6 Å². The van der Waals surface area contributed by atoms with E-state index in [1.54, 1.807) is 0 Å². The summed E-state index contributed by atoms with van der Waals surface area (Å²) in [6.45, 7) is 7.11. The third kappa shape index (κ3) is 3.75. The summed E-state index contributed by atoms with van der Waals surface area (Å²) in [4.78, 5) is 19.9. The molecule has 1 unspecified atom stereocenters. The molecule has 0 saturated carbocycles. The number of thiazole rings is 1. The van der Waals surface area contributed by atoms with Crippen LogP contribution in [0.2, 0.25) is 0 Å². The highest BCUT2D eigenvalue weighted by atomic mass is 35.5. The van der Waals surface area contributed by atoms with Crippen LogP contribution in [0.5, 0.6) is 0 Å². The van der Waals surface area contributed by atoms with E-state index in [1.165, 1.54) is 9.71 Å². The number of hydrogen-bond acceptors (Lipinski definition) is 4. The predicted molar refractivity (Wildman–Crippen MR) is 110 cm³/mol. The van der Waals surface area contributed by atoms with Crippen LogP contribution in [0.4, 0.5) is 0 Å². The number of piperidine rings is 2. The molecule has 2 aromatic rings. The van der Waals surface area contributed by atoms with Crippen molar-refractivity contribution in [1.29, 1.82) is 0 Å². The molecule has 0 radical (unpaired) electrons. The first-order valence-corrected chi connectivity index (χ1v) is 10.2. The van der Waals surface area contributed by atoms with Gasteiger partial charge in [0.2, 0.25) is 5.91 Å². The third-order valence-electron chi connectivity index (χ3n) is 5.84. The molecule has 4 nitrogen and oxygen atoms in total. The van der Waals surface area contributed by atoms with Crippen molar-refractivity contribution in [3.63, 3.8) is 0 Å². The Hall–Kier alpha value is -1.17. The summed E-state index contributed by atoms with van der Waals surface area (Å²) in [5.41, 5.74) is 1.16. The van der Waals surface area contributed by atoms with Crippen LogP contribution in [0.25, 0.3) is 10.2 Å². The molecule has 2 fully saturated rings.